The van der Waals surface area contributed by atoms with Gasteiger partial charge in [0.05, 0.1) is 17.5 Å². The Morgan fingerprint density at radius 1 is 1.36 bits per heavy atom. The van der Waals surface area contributed by atoms with Gasteiger partial charge in [-0.2, -0.15) is 0 Å². The second-order valence-electron chi connectivity index (χ2n) is 3.13. The molecule has 0 aliphatic rings. The molecule has 14 heavy (non-hydrogen) atoms. The van der Waals surface area contributed by atoms with Crippen molar-refractivity contribution in [2.75, 3.05) is 12.9 Å². The second-order valence-corrected chi connectivity index (χ2v) is 5.15. The van der Waals surface area contributed by atoms with E-state index in [-0.39, 0.29) is 11.5 Å². The summed E-state index contributed by atoms with van der Waals surface area (Å²) in [5.41, 5.74) is 6.28. The molecule has 0 bridgehead atoms. The Hall–Kier alpha value is -0.910. The lowest BCUT2D eigenvalue weighted by Crippen LogP contribution is -2.14. The van der Waals surface area contributed by atoms with E-state index in [1.165, 1.54) is 12.1 Å². The highest BCUT2D eigenvalue weighted by Gasteiger charge is 2.08. The summed E-state index contributed by atoms with van der Waals surface area (Å²) in [4.78, 5) is 0.256. The highest BCUT2D eigenvalue weighted by molar-refractivity contribution is 7.90. The van der Waals surface area contributed by atoms with Gasteiger partial charge < -0.3 is 10.8 Å². The molecule has 4 nitrogen and oxygen atoms in total. The fourth-order valence-corrected chi connectivity index (χ4v) is 1.70. The zero-order chi connectivity index (χ0) is 10.8. The molecule has 78 valence electrons. The van der Waals surface area contributed by atoms with Gasteiger partial charge in [-0.3, -0.25) is 0 Å². The van der Waals surface area contributed by atoms with E-state index in [0.717, 1.165) is 11.8 Å². The van der Waals surface area contributed by atoms with Crippen LogP contribution in [-0.4, -0.2) is 26.4 Å². The fourth-order valence-electron chi connectivity index (χ4n) is 1.07. The van der Waals surface area contributed by atoms with Crippen molar-refractivity contribution in [3.8, 4) is 0 Å². The number of sulfone groups is 1. The highest BCUT2D eigenvalue weighted by Crippen LogP contribution is 2.14. The minimum Gasteiger partial charge on any atom is -0.394 e. The van der Waals surface area contributed by atoms with Crippen LogP contribution >= 0.6 is 0 Å². The van der Waals surface area contributed by atoms with E-state index in [1.54, 1.807) is 12.1 Å². The van der Waals surface area contributed by atoms with Crippen molar-refractivity contribution >= 4 is 9.84 Å². The Kier molecular flexibility index (Phi) is 3.25. The number of rotatable bonds is 3. The van der Waals surface area contributed by atoms with Gasteiger partial charge in [0.15, 0.2) is 9.84 Å². The number of benzene rings is 1. The molecule has 0 fully saturated rings. The second kappa shape index (κ2) is 4.08. The van der Waals surface area contributed by atoms with Crippen LogP contribution in [0.1, 0.15) is 11.6 Å². The third kappa shape index (κ3) is 2.54. The predicted molar refractivity (Wildman–Crippen MR) is 53.6 cm³/mol. The molecular weight excluding hydrogens is 202 g/mol. The summed E-state index contributed by atoms with van der Waals surface area (Å²) in [5.74, 6) is 0. The molecule has 5 heteroatoms. The fraction of sp³-hybridized carbons (Fsp3) is 0.333. The number of aliphatic hydroxyl groups excluding tert-OH is 1. The van der Waals surface area contributed by atoms with Gasteiger partial charge in [-0.15, -0.1) is 0 Å². The molecule has 0 radical (unpaired) electrons. The van der Waals surface area contributed by atoms with Crippen LogP contribution < -0.4 is 5.73 Å². The molecule has 0 saturated carbocycles. The molecule has 0 aromatic heterocycles. The zero-order valence-electron chi connectivity index (χ0n) is 7.84. The molecule has 0 saturated heterocycles. The Labute approximate surface area is 83.3 Å². The molecule has 1 rings (SSSR count). The average Bonchev–Trinajstić information content (AvgIpc) is 2.15. The highest BCUT2D eigenvalue weighted by atomic mass is 32.2. The summed E-state index contributed by atoms with van der Waals surface area (Å²) in [7, 11) is -3.16. The first-order valence-corrected chi connectivity index (χ1v) is 6.00. The summed E-state index contributed by atoms with van der Waals surface area (Å²) in [6.45, 7) is -0.155. The van der Waals surface area contributed by atoms with Crippen LogP contribution in [0, 0.1) is 0 Å². The van der Waals surface area contributed by atoms with E-state index in [4.69, 9.17) is 10.8 Å². The molecule has 1 aromatic carbocycles. The van der Waals surface area contributed by atoms with Gasteiger partial charge in [0.25, 0.3) is 0 Å². The van der Waals surface area contributed by atoms with E-state index in [9.17, 15) is 8.42 Å². The van der Waals surface area contributed by atoms with E-state index < -0.39 is 15.9 Å². The molecule has 1 aromatic rings. The maximum absolute atomic E-state index is 11.1. The smallest absolute Gasteiger partial charge is 0.175 e. The molecule has 1 atom stereocenters. The van der Waals surface area contributed by atoms with Crippen molar-refractivity contribution in [2.24, 2.45) is 5.73 Å². The van der Waals surface area contributed by atoms with Crippen LogP contribution in [-0.2, 0) is 9.84 Å². The largest absolute Gasteiger partial charge is 0.394 e. The molecule has 0 aliphatic carbocycles. The van der Waals surface area contributed by atoms with E-state index in [2.05, 4.69) is 0 Å². The SMILES string of the molecule is CS(=O)(=O)c1ccc([C@@H](N)CO)cc1. The van der Waals surface area contributed by atoms with Crippen molar-refractivity contribution in [3.63, 3.8) is 0 Å². The number of aliphatic hydroxyl groups is 1. The van der Waals surface area contributed by atoms with Gasteiger partial charge >= 0.3 is 0 Å². The number of nitrogens with two attached hydrogens (primary N) is 1. The molecule has 0 unspecified atom stereocenters. The van der Waals surface area contributed by atoms with Crippen molar-refractivity contribution in [1.82, 2.24) is 0 Å². The van der Waals surface area contributed by atoms with Crippen molar-refractivity contribution in [3.05, 3.63) is 29.8 Å². The van der Waals surface area contributed by atoms with Crippen LogP contribution in [0.25, 0.3) is 0 Å². The van der Waals surface area contributed by atoms with Gasteiger partial charge in [-0.1, -0.05) is 12.1 Å². The van der Waals surface area contributed by atoms with Crippen LogP contribution in [0.5, 0.6) is 0 Å². The molecule has 0 spiro atoms. The maximum Gasteiger partial charge on any atom is 0.175 e. The third-order valence-electron chi connectivity index (χ3n) is 1.93. The Balaban J connectivity index is 3.01. The molecule has 0 amide bonds. The lowest BCUT2D eigenvalue weighted by Gasteiger charge is -2.08. The number of hydrogen-bond acceptors (Lipinski definition) is 4. The molecule has 3 N–H and O–H groups in total. The zero-order valence-corrected chi connectivity index (χ0v) is 8.66. The summed E-state index contributed by atoms with van der Waals surface area (Å²) in [6.07, 6.45) is 1.15. The standard InChI is InChI=1S/C9H13NO3S/c1-14(12,13)8-4-2-7(3-5-8)9(10)6-11/h2-5,9,11H,6,10H2,1H3/t9-/m0/s1. The Morgan fingerprint density at radius 2 is 1.86 bits per heavy atom. The summed E-state index contributed by atoms with van der Waals surface area (Å²) in [5, 5.41) is 8.77. The quantitative estimate of drug-likeness (QED) is 0.748. The first-order valence-electron chi connectivity index (χ1n) is 4.11. The van der Waals surface area contributed by atoms with Crippen LogP contribution in [0.15, 0.2) is 29.2 Å². The lowest BCUT2D eigenvalue weighted by atomic mass is 10.1. The van der Waals surface area contributed by atoms with Crippen molar-refractivity contribution in [1.29, 1.82) is 0 Å². The van der Waals surface area contributed by atoms with Gasteiger partial charge in [0, 0.05) is 6.26 Å². The Morgan fingerprint density at radius 3 is 2.21 bits per heavy atom. The summed E-state index contributed by atoms with van der Waals surface area (Å²) >= 11 is 0. The monoisotopic (exact) mass is 215 g/mol. The van der Waals surface area contributed by atoms with Crippen molar-refractivity contribution in [2.45, 2.75) is 10.9 Å². The summed E-state index contributed by atoms with van der Waals surface area (Å²) in [6, 6.07) is 5.73. The predicted octanol–water partition coefficient (Wildman–Crippen LogP) is 0.0822. The minimum atomic E-state index is -3.16. The normalized spacial score (nSPS) is 13.9. The van der Waals surface area contributed by atoms with Gasteiger partial charge in [0.1, 0.15) is 0 Å². The van der Waals surface area contributed by atoms with Crippen LogP contribution in [0.3, 0.4) is 0 Å². The van der Waals surface area contributed by atoms with Crippen molar-refractivity contribution < 1.29 is 13.5 Å². The van der Waals surface area contributed by atoms with Crippen LogP contribution in [0.4, 0.5) is 0 Å². The lowest BCUT2D eigenvalue weighted by molar-refractivity contribution is 0.268. The first kappa shape index (κ1) is 11.2. The first-order chi connectivity index (χ1) is 6.45. The summed E-state index contributed by atoms with van der Waals surface area (Å²) < 4.78 is 22.2. The number of hydrogen-bond donors (Lipinski definition) is 2. The third-order valence-corrected chi connectivity index (χ3v) is 3.06. The van der Waals surface area contributed by atoms with Gasteiger partial charge in [0.2, 0.25) is 0 Å². The minimum absolute atomic E-state index is 0.155. The van der Waals surface area contributed by atoms with E-state index in [1.807, 2.05) is 0 Å². The topological polar surface area (TPSA) is 80.4 Å². The van der Waals surface area contributed by atoms with Crippen LogP contribution in [0.2, 0.25) is 0 Å². The van der Waals surface area contributed by atoms with E-state index in [0.29, 0.717) is 0 Å². The van der Waals surface area contributed by atoms with E-state index >= 15 is 0 Å². The molecule has 0 aliphatic heterocycles. The molecule has 0 heterocycles. The molecular formula is C9H13NO3S. The van der Waals surface area contributed by atoms with Gasteiger partial charge in [-0.25, -0.2) is 8.42 Å². The van der Waals surface area contributed by atoms with Gasteiger partial charge in [-0.05, 0) is 17.7 Å². The maximum atomic E-state index is 11.1. The average molecular weight is 215 g/mol. The Bertz CT molecular complexity index is 397.